The molecule has 7 heteroatoms. The molecule has 0 spiro atoms. The molecule has 3 aromatic rings. The summed E-state index contributed by atoms with van der Waals surface area (Å²) in [5.41, 5.74) is 4.71. The van der Waals surface area contributed by atoms with Crippen LogP contribution in [-0.2, 0) is 14.4 Å². The smallest absolute Gasteiger partial charge is 0.282 e. The van der Waals surface area contributed by atoms with Crippen LogP contribution in [0.25, 0.3) is 5.57 Å². The van der Waals surface area contributed by atoms with E-state index in [9.17, 15) is 14.4 Å². The highest BCUT2D eigenvalue weighted by molar-refractivity contribution is 6.46. The number of aryl methyl sites for hydroxylation is 1. The van der Waals surface area contributed by atoms with Crippen molar-refractivity contribution in [1.82, 2.24) is 0 Å². The summed E-state index contributed by atoms with van der Waals surface area (Å²) >= 11 is 0. The number of methoxy groups -OCH3 is 1. The fraction of sp³-hybridized carbons (Fsp3) is 0.148. The number of hydrogen-bond acceptors (Lipinski definition) is 5. The largest absolute Gasteiger partial charge is 0.497 e. The summed E-state index contributed by atoms with van der Waals surface area (Å²) in [5, 5.41) is 5.84. The number of carbonyl (C=O) groups excluding carboxylic acids is 3. The fourth-order valence-electron chi connectivity index (χ4n) is 3.85. The first-order valence-corrected chi connectivity index (χ1v) is 10.8. The normalized spacial score (nSPS) is 13.4. The fourth-order valence-corrected chi connectivity index (χ4v) is 3.85. The third kappa shape index (κ3) is 4.28. The molecule has 2 N–H and O–H groups in total. The summed E-state index contributed by atoms with van der Waals surface area (Å²) in [6.07, 6.45) is 0. The van der Waals surface area contributed by atoms with Crippen molar-refractivity contribution in [2.24, 2.45) is 0 Å². The number of amides is 3. The van der Waals surface area contributed by atoms with Crippen LogP contribution in [-0.4, -0.2) is 24.8 Å². The summed E-state index contributed by atoms with van der Waals surface area (Å²) in [6, 6.07) is 19.5. The predicted octanol–water partition coefficient (Wildman–Crippen LogP) is 4.67. The molecule has 0 aromatic heterocycles. The molecule has 3 aromatic carbocycles. The molecular weight excluding hydrogens is 430 g/mol. The highest BCUT2D eigenvalue weighted by atomic mass is 16.5. The lowest BCUT2D eigenvalue weighted by Gasteiger charge is -2.19. The number of nitrogens with zero attached hydrogens (tertiary/aromatic N) is 1. The van der Waals surface area contributed by atoms with Crippen LogP contribution in [0.1, 0.15) is 23.6 Å². The van der Waals surface area contributed by atoms with Crippen molar-refractivity contribution in [2.45, 2.75) is 20.8 Å². The van der Waals surface area contributed by atoms with E-state index in [2.05, 4.69) is 10.6 Å². The SMILES string of the molecule is COc1ccc(C2=C(Nc3ccc(NC(C)=O)cc3)C(=O)N(c3cccc(C)c3C)C2=O)cc1. The van der Waals surface area contributed by atoms with Crippen LogP contribution >= 0.6 is 0 Å². The number of carbonyl (C=O) groups is 3. The molecule has 1 aliphatic rings. The first-order chi connectivity index (χ1) is 16.3. The highest BCUT2D eigenvalue weighted by Crippen LogP contribution is 2.36. The molecule has 7 nitrogen and oxygen atoms in total. The van der Waals surface area contributed by atoms with E-state index in [0.717, 1.165) is 11.1 Å². The Morgan fingerprint density at radius 1 is 0.853 bits per heavy atom. The minimum atomic E-state index is -0.435. The molecule has 0 radical (unpaired) electrons. The van der Waals surface area contributed by atoms with Gasteiger partial charge in [-0.1, -0.05) is 24.3 Å². The van der Waals surface area contributed by atoms with Gasteiger partial charge in [0.1, 0.15) is 11.4 Å². The number of hydrogen-bond donors (Lipinski definition) is 2. The number of anilines is 3. The minimum Gasteiger partial charge on any atom is -0.497 e. The maximum atomic E-state index is 13.6. The summed E-state index contributed by atoms with van der Waals surface area (Å²) in [7, 11) is 1.57. The van der Waals surface area contributed by atoms with Gasteiger partial charge in [0.05, 0.1) is 18.4 Å². The van der Waals surface area contributed by atoms with Crippen LogP contribution < -0.4 is 20.3 Å². The van der Waals surface area contributed by atoms with E-state index in [1.807, 2.05) is 26.0 Å². The predicted molar refractivity (Wildman–Crippen MR) is 133 cm³/mol. The average molecular weight is 456 g/mol. The molecule has 0 saturated heterocycles. The van der Waals surface area contributed by atoms with Gasteiger partial charge in [-0.25, -0.2) is 4.90 Å². The molecule has 4 rings (SSSR count). The number of ether oxygens (including phenoxy) is 1. The zero-order valence-electron chi connectivity index (χ0n) is 19.4. The molecule has 0 saturated carbocycles. The van der Waals surface area contributed by atoms with E-state index in [0.29, 0.717) is 28.4 Å². The van der Waals surface area contributed by atoms with Crippen molar-refractivity contribution in [3.8, 4) is 5.75 Å². The van der Waals surface area contributed by atoms with E-state index < -0.39 is 11.8 Å². The highest BCUT2D eigenvalue weighted by Gasteiger charge is 2.41. The lowest BCUT2D eigenvalue weighted by Crippen LogP contribution is -2.33. The van der Waals surface area contributed by atoms with Gasteiger partial charge in [-0.2, -0.15) is 0 Å². The Bertz CT molecular complexity index is 1310. The molecule has 172 valence electrons. The second kappa shape index (κ2) is 9.23. The Kier molecular flexibility index (Phi) is 6.19. The monoisotopic (exact) mass is 455 g/mol. The van der Waals surface area contributed by atoms with Crippen LogP contribution in [0.3, 0.4) is 0 Å². The second-order valence-corrected chi connectivity index (χ2v) is 8.03. The molecule has 0 fully saturated rings. The number of rotatable bonds is 6. The van der Waals surface area contributed by atoms with Gasteiger partial charge in [0.15, 0.2) is 0 Å². The second-order valence-electron chi connectivity index (χ2n) is 8.03. The van der Waals surface area contributed by atoms with Gasteiger partial charge in [-0.3, -0.25) is 14.4 Å². The van der Waals surface area contributed by atoms with E-state index in [1.165, 1.54) is 11.8 Å². The summed E-state index contributed by atoms with van der Waals surface area (Å²) in [5.74, 6) is -0.363. The Morgan fingerprint density at radius 3 is 2.12 bits per heavy atom. The molecular formula is C27H25N3O4. The zero-order chi connectivity index (χ0) is 24.4. The first kappa shape index (κ1) is 22.8. The van der Waals surface area contributed by atoms with Crippen molar-refractivity contribution < 1.29 is 19.1 Å². The van der Waals surface area contributed by atoms with Crippen molar-refractivity contribution >= 4 is 40.4 Å². The van der Waals surface area contributed by atoms with Crippen LogP contribution in [0, 0.1) is 13.8 Å². The van der Waals surface area contributed by atoms with Gasteiger partial charge in [0.2, 0.25) is 5.91 Å². The molecule has 0 bridgehead atoms. The number of imide groups is 1. The van der Waals surface area contributed by atoms with Crippen LogP contribution in [0.2, 0.25) is 0 Å². The van der Waals surface area contributed by atoms with Gasteiger partial charge in [-0.05, 0) is 73.0 Å². The zero-order valence-corrected chi connectivity index (χ0v) is 19.4. The maximum Gasteiger partial charge on any atom is 0.282 e. The third-order valence-electron chi connectivity index (χ3n) is 5.75. The van der Waals surface area contributed by atoms with E-state index in [1.54, 1.807) is 61.7 Å². The van der Waals surface area contributed by atoms with Crippen LogP contribution in [0.5, 0.6) is 5.75 Å². The molecule has 1 aliphatic heterocycles. The van der Waals surface area contributed by atoms with Crippen molar-refractivity contribution in [1.29, 1.82) is 0 Å². The van der Waals surface area contributed by atoms with Crippen LogP contribution in [0.15, 0.2) is 72.4 Å². The Labute approximate surface area is 198 Å². The molecule has 0 atom stereocenters. The topological polar surface area (TPSA) is 87.7 Å². The van der Waals surface area contributed by atoms with Crippen molar-refractivity contribution in [2.75, 3.05) is 22.6 Å². The summed E-state index contributed by atoms with van der Waals surface area (Å²) in [6.45, 7) is 5.27. The third-order valence-corrected chi connectivity index (χ3v) is 5.75. The van der Waals surface area contributed by atoms with E-state index >= 15 is 0 Å². The average Bonchev–Trinajstić information content (AvgIpc) is 3.06. The van der Waals surface area contributed by atoms with Gasteiger partial charge >= 0.3 is 0 Å². The molecule has 1 heterocycles. The Morgan fingerprint density at radius 2 is 1.50 bits per heavy atom. The minimum absolute atomic E-state index is 0.175. The lowest BCUT2D eigenvalue weighted by atomic mass is 10.0. The quantitative estimate of drug-likeness (QED) is 0.528. The lowest BCUT2D eigenvalue weighted by molar-refractivity contribution is -0.120. The summed E-state index contributed by atoms with van der Waals surface area (Å²) in [4.78, 5) is 39.8. The van der Waals surface area contributed by atoms with Gasteiger partial charge in [-0.15, -0.1) is 0 Å². The van der Waals surface area contributed by atoms with Crippen LogP contribution in [0.4, 0.5) is 17.1 Å². The van der Waals surface area contributed by atoms with E-state index in [4.69, 9.17) is 4.74 Å². The van der Waals surface area contributed by atoms with E-state index in [-0.39, 0.29) is 17.2 Å². The molecule has 3 amide bonds. The van der Waals surface area contributed by atoms with Crippen molar-refractivity contribution in [3.63, 3.8) is 0 Å². The Balaban J connectivity index is 1.78. The summed E-state index contributed by atoms with van der Waals surface area (Å²) < 4.78 is 5.24. The van der Waals surface area contributed by atoms with Gasteiger partial charge in [0, 0.05) is 18.3 Å². The Hall–Kier alpha value is -4.39. The molecule has 34 heavy (non-hydrogen) atoms. The first-order valence-electron chi connectivity index (χ1n) is 10.8. The molecule has 0 unspecified atom stereocenters. The number of nitrogens with one attached hydrogen (secondary N) is 2. The number of benzene rings is 3. The van der Waals surface area contributed by atoms with Crippen molar-refractivity contribution in [3.05, 3.63) is 89.1 Å². The van der Waals surface area contributed by atoms with Gasteiger partial charge in [0.25, 0.3) is 11.8 Å². The van der Waals surface area contributed by atoms with Gasteiger partial charge < -0.3 is 15.4 Å². The molecule has 0 aliphatic carbocycles. The standard InChI is InChI=1S/C27H25N3O4/c1-16-6-5-7-23(17(16)2)30-26(32)24(19-8-14-22(34-4)15-9-19)25(27(30)33)29-21-12-10-20(11-13-21)28-18(3)31/h5-15,29H,1-4H3,(H,28,31). The maximum absolute atomic E-state index is 13.6.